The van der Waals surface area contributed by atoms with E-state index in [0.717, 1.165) is 25.7 Å². The molecular formula is C12H24N2O2. The lowest BCUT2D eigenvalue weighted by atomic mass is 9.91. The maximum absolute atomic E-state index is 12.0. The lowest BCUT2D eigenvalue weighted by molar-refractivity contribution is -0.129. The van der Waals surface area contributed by atoms with E-state index >= 15 is 0 Å². The molecule has 1 amide bonds. The van der Waals surface area contributed by atoms with Gasteiger partial charge in [-0.15, -0.1) is 0 Å². The molecule has 1 saturated heterocycles. The predicted octanol–water partition coefficient (Wildman–Crippen LogP) is 1.05. The van der Waals surface area contributed by atoms with Gasteiger partial charge in [-0.1, -0.05) is 6.92 Å². The summed E-state index contributed by atoms with van der Waals surface area (Å²) in [5.41, 5.74) is 5.42. The fourth-order valence-electron chi connectivity index (χ4n) is 2.01. The van der Waals surface area contributed by atoms with E-state index in [1.165, 1.54) is 0 Å². The first-order valence-corrected chi connectivity index (χ1v) is 6.21. The van der Waals surface area contributed by atoms with E-state index in [9.17, 15) is 4.79 Å². The molecular weight excluding hydrogens is 204 g/mol. The second-order valence-electron chi connectivity index (χ2n) is 4.83. The number of nitrogens with one attached hydrogen (secondary N) is 1. The lowest BCUT2D eigenvalue weighted by Crippen LogP contribution is -2.49. The van der Waals surface area contributed by atoms with E-state index in [1.54, 1.807) is 0 Å². The molecule has 0 spiro atoms. The van der Waals surface area contributed by atoms with Gasteiger partial charge in [-0.3, -0.25) is 4.79 Å². The molecule has 3 N–H and O–H groups in total. The van der Waals surface area contributed by atoms with Crippen LogP contribution < -0.4 is 11.1 Å². The topological polar surface area (TPSA) is 64.3 Å². The maximum atomic E-state index is 12.0. The van der Waals surface area contributed by atoms with Crippen molar-refractivity contribution in [3.8, 4) is 0 Å². The minimum Gasteiger partial charge on any atom is -0.381 e. The number of hydrogen-bond acceptors (Lipinski definition) is 3. The number of carbonyl (C=O) groups excluding carboxylic acids is 1. The van der Waals surface area contributed by atoms with Crippen molar-refractivity contribution >= 4 is 5.91 Å². The zero-order chi connectivity index (χ0) is 12.0. The summed E-state index contributed by atoms with van der Waals surface area (Å²) in [7, 11) is 0. The highest BCUT2D eigenvalue weighted by Gasteiger charge is 2.28. The van der Waals surface area contributed by atoms with Crippen molar-refractivity contribution in [2.24, 2.45) is 11.7 Å². The van der Waals surface area contributed by atoms with Gasteiger partial charge in [-0.25, -0.2) is 0 Å². The Morgan fingerprint density at radius 2 is 2.12 bits per heavy atom. The van der Waals surface area contributed by atoms with E-state index in [0.29, 0.717) is 19.8 Å². The standard InChI is InChI=1S/C12H24N2O2/c1-3-12(2,6-7-13)14-11(15)10-4-8-16-9-5-10/h10H,3-9,13H2,1-2H3,(H,14,15). The van der Waals surface area contributed by atoms with Crippen LogP contribution in [0.4, 0.5) is 0 Å². The molecule has 0 aromatic rings. The van der Waals surface area contributed by atoms with Gasteiger partial charge in [-0.2, -0.15) is 0 Å². The fraction of sp³-hybridized carbons (Fsp3) is 0.917. The quantitative estimate of drug-likeness (QED) is 0.739. The van der Waals surface area contributed by atoms with Crippen LogP contribution in [0.25, 0.3) is 0 Å². The van der Waals surface area contributed by atoms with Crippen molar-refractivity contribution in [3.63, 3.8) is 0 Å². The van der Waals surface area contributed by atoms with Crippen molar-refractivity contribution in [1.29, 1.82) is 0 Å². The maximum Gasteiger partial charge on any atom is 0.223 e. The van der Waals surface area contributed by atoms with Gasteiger partial charge in [0, 0.05) is 24.7 Å². The Balaban J connectivity index is 2.47. The van der Waals surface area contributed by atoms with Crippen molar-refractivity contribution in [3.05, 3.63) is 0 Å². The van der Waals surface area contributed by atoms with E-state index < -0.39 is 0 Å². The van der Waals surface area contributed by atoms with Crippen LogP contribution in [0.1, 0.15) is 39.5 Å². The van der Waals surface area contributed by atoms with Gasteiger partial charge in [-0.05, 0) is 39.2 Å². The number of ether oxygens (including phenoxy) is 1. The highest BCUT2D eigenvalue weighted by atomic mass is 16.5. The Morgan fingerprint density at radius 3 is 2.62 bits per heavy atom. The van der Waals surface area contributed by atoms with Crippen molar-refractivity contribution in [2.45, 2.75) is 45.1 Å². The lowest BCUT2D eigenvalue weighted by Gasteiger charge is -2.32. The smallest absolute Gasteiger partial charge is 0.223 e. The van der Waals surface area contributed by atoms with Gasteiger partial charge >= 0.3 is 0 Å². The molecule has 1 aliphatic rings. The molecule has 1 unspecified atom stereocenters. The minimum absolute atomic E-state index is 0.123. The first-order valence-electron chi connectivity index (χ1n) is 6.21. The molecule has 0 aromatic carbocycles. The monoisotopic (exact) mass is 228 g/mol. The van der Waals surface area contributed by atoms with Crippen LogP contribution in [-0.4, -0.2) is 31.2 Å². The highest BCUT2D eigenvalue weighted by Crippen LogP contribution is 2.19. The predicted molar refractivity (Wildman–Crippen MR) is 64.1 cm³/mol. The number of carbonyl (C=O) groups is 1. The summed E-state index contributed by atoms with van der Waals surface area (Å²) in [6.07, 6.45) is 3.43. The van der Waals surface area contributed by atoms with Crippen molar-refractivity contribution in [1.82, 2.24) is 5.32 Å². The van der Waals surface area contributed by atoms with Crippen molar-refractivity contribution in [2.75, 3.05) is 19.8 Å². The Kier molecular flexibility index (Phi) is 5.22. The molecule has 16 heavy (non-hydrogen) atoms. The Labute approximate surface area is 97.9 Å². The van der Waals surface area contributed by atoms with E-state index in [4.69, 9.17) is 10.5 Å². The van der Waals surface area contributed by atoms with Crippen LogP contribution in [0.3, 0.4) is 0 Å². The molecule has 0 saturated carbocycles. The summed E-state index contributed by atoms with van der Waals surface area (Å²) in [5, 5.41) is 3.14. The molecule has 1 heterocycles. The molecule has 0 aliphatic carbocycles. The summed E-state index contributed by atoms with van der Waals surface area (Å²) in [6, 6.07) is 0. The third kappa shape index (κ3) is 3.76. The molecule has 0 bridgehead atoms. The van der Waals surface area contributed by atoms with Crippen LogP contribution in [-0.2, 0) is 9.53 Å². The molecule has 1 atom stereocenters. The average molecular weight is 228 g/mol. The molecule has 0 aromatic heterocycles. The summed E-state index contributed by atoms with van der Waals surface area (Å²) >= 11 is 0. The van der Waals surface area contributed by atoms with Crippen LogP contribution in [0.15, 0.2) is 0 Å². The van der Waals surface area contributed by atoms with Gasteiger partial charge < -0.3 is 15.8 Å². The third-order valence-corrected chi connectivity index (χ3v) is 3.49. The number of hydrogen-bond donors (Lipinski definition) is 2. The van der Waals surface area contributed by atoms with Gasteiger partial charge in [0.15, 0.2) is 0 Å². The van der Waals surface area contributed by atoms with Crippen molar-refractivity contribution < 1.29 is 9.53 Å². The van der Waals surface area contributed by atoms with Gasteiger partial charge in [0.05, 0.1) is 0 Å². The van der Waals surface area contributed by atoms with Gasteiger partial charge in [0.2, 0.25) is 5.91 Å². The Morgan fingerprint density at radius 1 is 1.50 bits per heavy atom. The van der Waals surface area contributed by atoms with E-state index in [2.05, 4.69) is 19.2 Å². The number of amides is 1. The van der Waals surface area contributed by atoms with E-state index in [-0.39, 0.29) is 17.4 Å². The summed E-state index contributed by atoms with van der Waals surface area (Å²) < 4.78 is 5.25. The summed E-state index contributed by atoms with van der Waals surface area (Å²) in [5.74, 6) is 0.290. The van der Waals surface area contributed by atoms with Gasteiger partial charge in [0.25, 0.3) is 0 Å². The molecule has 4 nitrogen and oxygen atoms in total. The zero-order valence-electron chi connectivity index (χ0n) is 10.4. The second-order valence-corrected chi connectivity index (χ2v) is 4.83. The first-order chi connectivity index (χ1) is 7.61. The SMILES string of the molecule is CCC(C)(CCN)NC(=O)C1CCOCC1. The molecule has 4 heteroatoms. The average Bonchev–Trinajstić information content (AvgIpc) is 2.30. The van der Waals surface area contributed by atoms with Crippen LogP contribution >= 0.6 is 0 Å². The molecule has 1 rings (SSSR count). The number of nitrogens with two attached hydrogens (primary N) is 1. The Hall–Kier alpha value is -0.610. The highest BCUT2D eigenvalue weighted by molar-refractivity contribution is 5.79. The van der Waals surface area contributed by atoms with Crippen LogP contribution in [0.5, 0.6) is 0 Å². The number of rotatable bonds is 5. The largest absolute Gasteiger partial charge is 0.381 e. The van der Waals surface area contributed by atoms with Crippen LogP contribution in [0.2, 0.25) is 0 Å². The molecule has 1 fully saturated rings. The normalized spacial score (nSPS) is 21.4. The molecule has 1 aliphatic heterocycles. The van der Waals surface area contributed by atoms with E-state index in [1.807, 2.05) is 0 Å². The first kappa shape index (κ1) is 13.5. The molecule has 94 valence electrons. The fourth-order valence-corrected chi connectivity index (χ4v) is 2.01. The second kappa shape index (κ2) is 6.21. The third-order valence-electron chi connectivity index (χ3n) is 3.49. The van der Waals surface area contributed by atoms with Crippen LogP contribution in [0, 0.1) is 5.92 Å². The zero-order valence-corrected chi connectivity index (χ0v) is 10.4. The van der Waals surface area contributed by atoms with Gasteiger partial charge in [0.1, 0.15) is 0 Å². The molecule has 0 radical (unpaired) electrons. The summed E-state index contributed by atoms with van der Waals surface area (Å²) in [4.78, 5) is 12.0. The summed E-state index contributed by atoms with van der Waals surface area (Å²) in [6.45, 7) is 6.17. The Bertz CT molecular complexity index is 227. The minimum atomic E-state index is -0.149.